The lowest BCUT2D eigenvalue weighted by molar-refractivity contribution is -0.162. The lowest BCUT2D eigenvalue weighted by Crippen LogP contribution is -2.62. The van der Waals surface area contributed by atoms with Gasteiger partial charge in [-0.1, -0.05) is 76.1 Å². The maximum absolute atomic E-state index is 13.7. The number of thioether (sulfide) groups is 1. The highest BCUT2D eigenvalue weighted by atomic mass is 32.2. The summed E-state index contributed by atoms with van der Waals surface area (Å²) in [6.45, 7) is 28.1. The van der Waals surface area contributed by atoms with E-state index in [1.165, 1.54) is 22.2 Å². The molecule has 0 saturated carbocycles. The van der Waals surface area contributed by atoms with Crippen molar-refractivity contribution in [3.63, 3.8) is 0 Å². The second-order valence-electron chi connectivity index (χ2n) is 17.3. The molecule has 288 valence electrons. The van der Waals surface area contributed by atoms with Crippen LogP contribution in [0.1, 0.15) is 118 Å². The summed E-state index contributed by atoms with van der Waals surface area (Å²) in [5.41, 5.74) is 2.86. The van der Waals surface area contributed by atoms with Crippen LogP contribution in [0.25, 0.3) is 0 Å². The van der Waals surface area contributed by atoms with Crippen LogP contribution < -0.4 is 4.74 Å². The minimum atomic E-state index is -2.19. The molecule has 4 rings (SSSR count). The maximum Gasteiger partial charge on any atom is 0.514 e. The lowest BCUT2D eigenvalue weighted by Gasteiger charge is -2.48. The van der Waals surface area contributed by atoms with E-state index in [0.29, 0.717) is 10.5 Å². The first kappa shape index (κ1) is 41.7. The van der Waals surface area contributed by atoms with Gasteiger partial charge < -0.3 is 23.7 Å². The van der Waals surface area contributed by atoms with Crippen molar-refractivity contribution >= 4 is 38.1 Å². The van der Waals surface area contributed by atoms with E-state index >= 15 is 0 Å². The first-order valence-electron chi connectivity index (χ1n) is 18.7. The molecule has 1 aliphatic carbocycles. The number of benzene rings is 1. The number of phenols is 1. The van der Waals surface area contributed by atoms with E-state index in [1.807, 2.05) is 19.9 Å². The van der Waals surface area contributed by atoms with Gasteiger partial charge in [0.15, 0.2) is 8.32 Å². The van der Waals surface area contributed by atoms with Gasteiger partial charge in [0.2, 0.25) is 5.91 Å². The number of phenolic OH excluding ortho intramolecular Hbond substituents is 1. The molecule has 1 N–H and O–H groups in total. The van der Waals surface area contributed by atoms with Crippen LogP contribution in [0.15, 0.2) is 46.5 Å². The molecule has 0 spiro atoms. The molecule has 0 radical (unpaired) electrons. The number of carbonyl (C=O) groups excluding carboxylic acids is 3. The first-order chi connectivity index (χ1) is 24.1. The summed E-state index contributed by atoms with van der Waals surface area (Å²) in [5.74, 6) is -1.20. The van der Waals surface area contributed by atoms with Crippen molar-refractivity contribution in [3.05, 3.63) is 57.7 Å². The Morgan fingerprint density at radius 1 is 1.13 bits per heavy atom. The normalized spacial score (nSPS) is 22.7. The molecular formula is C41H61NO8SSi. The Balaban J connectivity index is 1.61. The van der Waals surface area contributed by atoms with Crippen LogP contribution in [-0.2, 0) is 29.9 Å². The van der Waals surface area contributed by atoms with Crippen molar-refractivity contribution in [1.29, 1.82) is 0 Å². The third-order valence-electron chi connectivity index (χ3n) is 10.7. The van der Waals surface area contributed by atoms with Gasteiger partial charge >= 0.3 is 12.1 Å². The molecule has 2 heterocycles. The van der Waals surface area contributed by atoms with E-state index in [2.05, 4.69) is 60.4 Å². The highest BCUT2D eigenvalue weighted by Crippen LogP contribution is 2.52. The minimum absolute atomic E-state index is 0.0426. The van der Waals surface area contributed by atoms with Gasteiger partial charge in [-0.15, -0.1) is 0 Å². The number of unbranched alkanes of at least 4 members (excludes halogenated alkanes) is 2. The Morgan fingerprint density at radius 3 is 2.40 bits per heavy atom. The summed E-state index contributed by atoms with van der Waals surface area (Å²) in [6.07, 6.45) is 6.35. The quantitative estimate of drug-likeness (QED) is 0.0525. The molecule has 1 aromatic carbocycles. The summed E-state index contributed by atoms with van der Waals surface area (Å²) in [7, 11) is -2.19. The Kier molecular flexibility index (Phi) is 13.0. The van der Waals surface area contributed by atoms with Gasteiger partial charge in [-0.3, -0.25) is 9.69 Å². The standard InChI is InChI=1S/C41H61NO8SSi/c1-14-15-16-17-27-21-30(43)34(29-20-25(4)18-19-28(29)24(2)3)31(22-27)48-39(46)47-23-32-35(38(45)49-40(6,7)8)42-36(44)33(37(42)51-32)26(5)50-52(12,13)41(9,10)11/h20-22,26,28-29,33,37,43H,2,14-19,23H2,1,3-13H3/t26-,28+,29-,33+,37-/m1/s1. The number of hydrogen-bond donors (Lipinski definition) is 1. The van der Waals surface area contributed by atoms with Gasteiger partial charge in [-0.05, 0) is 109 Å². The van der Waals surface area contributed by atoms with Crippen LogP contribution in [0.2, 0.25) is 18.1 Å². The van der Waals surface area contributed by atoms with Crippen LogP contribution in [0.5, 0.6) is 11.5 Å². The second kappa shape index (κ2) is 16.1. The predicted octanol–water partition coefficient (Wildman–Crippen LogP) is 10.2. The molecule has 1 fully saturated rings. The molecule has 0 bridgehead atoms. The molecule has 9 nitrogen and oxygen atoms in total. The molecule has 3 aliphatic rings. The van der Waals surface area contributed by atoms with Gasteiger partial charge in [-0.25, -0.2) is 9.59 Å². The zero-order valence-corrected chi connectivity index (χ0v) is 35.3. The second-order valence-corrected chi connectivity index (χ2v) is 23.2. The summed E-state index contributed by atoms with van der Waals surface area (Å²) in [4.78, 5) is 42.7. The number of rotatable bonds is 13. The summed E-state index contributed by atoms with van der Waals surface area (Å²) in [6, 6.07) is 3.60. The summed E-state index contributed by atoms with van der Waals surface area (Å²) < 4.78 is 24.0. The zero-order chi connectivity index (χ0) is 38.9. The van der Waals surface area contributed by atoms with Crippen molar-refractivity contribution < 1.29 is 38.1 Å². The van der Waals surface area contributed by atoms with Gasteiger partial charge in [-0.2, -0.15) is 0 Å². The fraction of sp³-hybridized carbons (Fsp3) is 0.634. The van der Waals surface area contributed by atoms with Crippen LogP contribution in [0, 0.1) is 11.8 Å². The SMILES string of the molecule is C=C(C)[C@@H]1CCC(C)=C[C@H]1c1c(O)cc(CCCCC)cc1OC(=O)OCC1=C(C(=O)OC(C)(C)C)N2C(=O)[C@H]([C@@H](C)O[Si](C)(C)C(C)(C)C)[C@H]2S1. The number of aromatic hydroxyl groups is 1. The van der Waals surface area contributed by atoms with Gasteiger partial charge in [0.1, 0.15) is 34.8 Å². The number of fused-ring (bicyclic) bond motifs is 1. The molecule has 1 aromatic rings. The summed E-state index contributed by atoms with van der Waals surface area (Å²) >= 11 is 1.32. The van der Waals surface area contributed by atoms with E-state index in [9.17, 15) is 19.5 Å². The van der Waals surface area contributed by atoms with Crippen LogP contribution in [-0.4, -0.2) is 60.0 Å². The molecule has 1 amide bonds. The third kappa shape index (κ3) is 9.36. The van der Waals surface area contributed by atoms with E-state index in [-0.39, 0.29) is 52.7 Å². The number of allylic oxidation sites excluding steroid dienone is 3. The maximum atomic E-state index is 13.7. The van der Waals surface area contributed by atoms with Crippen molar-refractivity contribution in [2.75, 3.05) is 6.61 Å². The van der Waals surface area contributed by atoms with Gasteiger partial charge in [0, 0.05) is 11.5 Å². The van der Waals surface area contributed by atoms with Crippen LogP contribution in [0.4, 0.5) is 4.79 Å². The van der Waals surface area contributed by atoms with E-state index in [4.69, 9.17) is 18.6 Å². The van der Waals surface area contributed by atoms with Crippen LogP contribution >= 0.6 is 11.8 Å². The van der Waals surface area contributed by atoms with Crippen LogP contribution in [0.3, 0.4) is 0 Å². The van der Waals surface area contributed by atoms with Gasteiger partial charge in [0.25, 0.3) is 0 Å². The summed E-state index contributed by atoms with van der Waals surface area (Å²) in [5, 5.41) is 11.0. The van der Waals surface area contributed by atoms with E-state index in [1.54, 1.807) is 26.8 Å². The number of ether oxygens (including phenoxy) is 3. The Labute approximate surface area is 316 Å². The minimum Gasteiger partial charge on any atom is -0.507 e. The highest BCUT2D eigenvalue weighted by Gasteiger charge is 2.59. The number of aryl methyl sites for hydroxylation is 1. The number of esters is 1. The molecule has 0 aromatic heterocycles. The smallest absolute Gasteiger partial charge is 0.507 e. The zero-order valence-electron chi connectivity index (χ0n) is 33.4. The number of nitrogens with zero attached hydrogens (tertiary/aromatic N) is 1. The molecular weight excluding hydrogens is 695 g/mol. The number of hydrogen-bond acceptors (Lipinski definition) is 9. The highest BCUT2D eigenvalue weighted by molar-refractivity contribution is 8.04. The number of β-lactam (4-membered cyclic amide) rings is 1. The average Bonchev–Trinajstić information content (AvgIpc) is 3.32. The van der Waals surface area contributed by atoms with E-state index in [0.717, 1.165) is 49.7 Å². The Bertz CT molecular complexity index is 1620. The van der Waals surface area contributed by atoms with E-state index < -0.39 is 37.3 Å². The largest absolute Gasteiger partial charge is 0.514 e. The third-order valence-corrected chi connectivity index (χ3v) is 16.6. The van der Waals surface area contributed by atoms with Crippen molar-refractivity contribution in [1.82, 2.24) is 4.90 Å². The monoisotopic (exact) mass is 755 g/mol. The fourth-order valence-corrected chi connectivity index (χ4v) is 9.87. The molecule has 5 atom stereocenters. The Morgan fingerprint density at radius 2 is 1.81 bits per heavy atom. The topological polar surface area (TPSA) is 112 Å². The van der Waals surface area contributed by atoms with Crippen molar-refractivity contribution in [2.24, 2.45) is 11.8 Å². The fourth-order valence-electron chi connectivity index (χ4n) is 6.93. The molecule has 0 unspecified atom stereocenters. The predicted molar refractivity (Wildman–Crippen MR) is 210 cm³/mol. The lowest BCUT2D eigenvalue weighted by atomic mass is 9.73. The van der Waals surface area contributed by atoms with Crippen molar-refractivity contribution in [2.45, 2.75) is 149 Å². The first-order valence-corrected chi connectivity index (χ1v) is 22.5. The number of amides is 1. The molecule has 1 saturated heterocycles. The molecule has 52 heavy (non-hydrogen) atoms. The average molecular weight is 756 g/mol. The van der Waals surface area contributed by atoms with Gasteiger partial charge in [0.05, 0.1) is 16.9 Å². The number of carbonyl (C=O) groups is 3. The Hall–Kier alpha value is -3.02. The molecule has 2 aliphatic heterocycles. The molecule has 11 heteroatoms. The van der Waals surface area contributed by atoms with Crippen molar-refractivity contribution in [3.8, 4) is 11.5 Å².